The van der Waals surface area contributed by atoms with Crippen LogP contribution in [0, 0.1) is 5.82 Å². The highest BCUT2D eigenvalue weighted by atomic mass is 19.1. The van der Waals surface area contributed by atoms with Crippen LogP contribution in [0.1, 0.15) is 118 Å². The summed E-state index contributed by atoms with van der Waals surface area (Å²) in [5, 5.41) is 9.39. The number of hydrogen-bond donors (Lipinski definition) is 1. The Morgan fingerprint density at radius 2 is 1.34 bits per heavy atom. The van der Waals surface area contributed by atoms with Gasteiger partial charge >= 0.3 is 17.9 Å². The third kappa shape index (κ3) is 10.3. The van der Waals surface area contributed by atoms with E-state index in [1.807, 2.05) is 0 Å². The van der Waals surface area contributed by atoms with E-state index in [0.717, 1.165) is 57.4 Å². The molecular weight excluding hydrogens is 487 g/mol. The number of hydrogen-bond acceptors (Lipinski definition) is 5. The first-order valence-electron chi connectivity index (χ1n) is 13.9. The number of carbonyl (C=O) groups is 3. The van der Waals surface area contributed by atoms with E-state index in [2.05, 4.69) is 13.8 Å². The van der Waals surface area contributed by atoms with Crippen molar-refractivity contribution in [3.05, 3.63) is 53.3 Å². The largest absolute Gasteiger partial charge is 0.478 e. The molecule has 0 amide bonds. The number of esters is 2. The van der Waals surface area contributed by atoms with Gasteiger partial charge in [0.05, 0.1) is 23.3 Å². The lowest BCUT2D eigenvalue weighted by Crippen LogP contribution is -2.11. The maximum absolute atomic E-state index is 15.3. The van der Waals surface area contributed by atoms with E-state index in [0.29, 0.717) is 24.2 Å². The molecule has 2 aromatic carbocycles. The van der Waals surface area contributed by atoms with E-state index in [9.17, 15) is 19.5 Å². The highest BCUT2D eigenvalue weighted by Gasteiger charge is 2.22. The molecule has 2 rings (SSSR count). The molecule has 38 heavy (non-hydrogen) atoms. The standard InChI is InChI=1S/C31H41FO6/c1-3-5-7-9-10-11-13-15-27(33)38-26-21-20-25(30(34)35)29(32)28(26)23-16-18-24(19-17-23)31(36)37-22-14-12-8-6-4-2/h16-21H,3-15,22H2,1-2H3,(H,34,35). The molecule has 0 heterocycles. The number of ether oxygens (including phenoxy) is 2. The van der Waals surface area contributed by atoms with Crippen LogP contribution in [-0.4, -0.2) is 29.6 Å². The number of unbranched alkanes of at least 4 members (excludes halogenated alkanes) is 10. The first-order valence-corrected chi connectivity index (χ1v) is 13.9. The highest BCUT2D eigenvalue weighted by molar-refractivity contribution is 5.93. The van der Waals surface area contributed by atoms with Gasteiger partial charge in [-0.05, 0) is 42.7 Å². The third-order valence-corrected chi connectivity index (χ3v) is 6.43. The monoisotopic (exact) mass is 528 g/mol. The molecule has 0 saturated heterocycles. The zero-order valence-electron chi connectivity index (χ0n) is 22.7. The molecule has 0 aliphatic carbocycles. The molecule has 6 nitrogen and oxygen atoms in total. The van der Waals surface area contributed by atoms with Gasteiger partial charge in [-0.15, -0.1) is 0 Å². The number of rotatable bonds is 18. The second kappa shape index (κ2) is 17.3. The van der Waals surface area contributed by atoms with Gasteiger partial charge in [0.15, 0.2) is 0 Å². The van der Waals surface area contributed by atoms with Crippen LogP contribution < -0.4 is 4.74 Å². The lowest BCUT2D eigenvalue weighted by Gasteiger charge is -2.13. The summed E-state index contributed by atoms with van der Waals surface area (Å²) in [6, 6.07) is 8.36. The fourth-order valence-electron chi connectivity index (χ4n) is 4.20. The van der Waals surface area contributed by atoms with Crippen molar-refractivity contribution < 1.29 is 33.4 Å². The number of carbonyl (C=O) groups excluding carboxylic acids is 2. The van der Waals surface area contributed by atoms with Gasteiger partial charge in [-0.3, -0.25) is 4.79 Å². The minimum Gasteiger partial charge on any atom is -0.478 e. The number of aromatic carboxylic acids is 1. The fourth-order valence-corrected chi connectivity index (χ4v) is 4.20. The van der Waals surface area contributed by atoms with Crippen molar-refractivity contribution in [1.29, 1.82) is 0 Å². The normalized spacial score (nSPS) is 10.8. The van der Waals surface area contributed by atoms with Crippen molar-refractivity contribution >= 4 is 17.9 Å². The number of halogens is 1. The summed E-state index contributed by atoms with van der Waals surface area (Å²) in [7, 11) is 0. The summed E-state index contributed by atoms with van der Waals surface area (Å²) >= 11 is 0. The minimum absolute atomic E-state index is 0.0529. The summed E-state index contributed by atoms with van der Waals surface area (Å²) in [6.07, 6.45) is 12.7. The molecule has 0 saturated carbocycles. The van der Waals surface area contributed by atoms with Gasteiger partial charge in [-0.25, -0.2) is 14.0 Å². The third-order valence-electron chi connectivity index (χ3n) is 6.43. The van der Waals surface area contributed by atoms with Crippen molar-refractivity contribution in [1.82, 2.24) is 0 Å². The zero-order chi connectivity index (χ0) is 27.8. The molecule has 2 aromatic rings. The number of carboxylic acids is 1. The van der Waals surface area contributed by atoms with Crippen LogP contribution in [0.5, 0.6) is 5.75 Å². The Labute approximate surface area is 225 Å². The molecule has 0 atom stereocenters. The first-order chi connectivity index (χ1) is 18.4. The van der Waals surface area contributed by atoms with Crippen LogP contribution in [0.25, 0.3) is 11.1 Å². The maximum Gasteiger partial charge on any atom is 0.338 e. The van der Waals surface area contributed by atoms with Crippen molar-refractivity contribution in [3.8, 4) is 16.9 Å². The lowest BCUT2D eigenvalue weighted by molar-refractivity contribution is -0.134. The van der Waals surface area contributed by atoms with Crippen LogP contribution >= 0.6 is 0 Å². The Morgan fingerprint density at radius 1 is 0.763 bits per heavy atom. The van der Waals surface area contributed by atoms with Crippen molar-refractivity contribution in [2.75, 3.05) is 6.61 Å². The highest BCUT2D eigenvalue weighted by Crippen LogP contribution is 2.35. The Kier molecular flexibility index (Phi) is 14.1. The Hall–Kier alpha value is -3.22. The van der Waals surface area contributed by atoms with E-state index in [1.54, 1.807) is 0 Å². The molecule has 0 spiro atoms. The van der Waals surface area contributed by atoms with Crippen molar-refractivity contribution in [3.63, 3.8) is 0 Å². The SMILES string of the molecule is CCCCCCCCCC(=O)Oc1ccc(C(=O)O)c(F)c1-c1ccc(C(=O)OCCCCCCC)cc1. The topological polar surface area (TPSA) is 89.9 Å². The van der Waals surface area contributed by atoms with E-state index in [-0.39, 0.29) is 17.7 Å². The smallest absolute Gasteiger partial charge is 0.338 e. The van der Waals surface area contributed by atoms with E-state index in [4.69, 9.17) is 9.47 Å². The van der Waals surface area contributed by atoms with Crippen LogP contribution in [0.15, 0.2) is 36.4 Å². The number of benzene rings is 2. The van der Waals surface area contributed by atoms with Gasteiger partial charge in [-0.2, -0.15) is 0 Å². The molecule has 0 aliphatic rings. The zero-order valence-corrected chi connectivity index (χ0v) is 22.7. The maximum atomic E-state index is 15.3. The fraction of sp³-hybridized carbons (Fsp3) is 0.516. The van der Waals surface area contributed by atoms with Gasteiger partial charge in [0.2, 0.25) is 0 Å². The van der Waals surface area contributed by atoms with Gasteiger partial charge in [0, 0.05) is 6.42 Å². The Balaban J connectivity index is 2.07. The predicted octanol–water partition coefficient (Wildman–Crippen LogP) is 8.36. The van der Waals surface area contributed by atoms with Gasteiger partial charge in [0.25, 0.3) is 0 Å². The first kappa shape index (κ1) is 31.0. The number of carboxylic acid groups (broad SMARTS) is 1. The molecule has 0 aliphatic heterocycles. The van der Waals surface area contributed by atoms with E-state index < -0.39 is 29.3 Å². The molecule has 0 unspecified atom stereocenters. The second-order valence-electron chi connectivity index (χ2n) is 9.58. The summed E-state index contributed by atoms with van der Waals surface area (Å²) in [5.41, 5.74) is -0.0675. The van der Waals surface area contributed by atoms with Gasteiger partial charge in [-0.1, -0.05) is 90.2 Å². The van der Waals surface area contributed by atoms with E-state index >= 15 is 4.39 Å². The van der Waals surface area contributed by atoms with Crippen LogP contribution in [0.2, 0.25) is 0 Å². The Morgan fingerprint density at radius 3 is 1.95 bits per heavy atom. The van der Waals surface area contributed by atoms with Crippen molar-refractivity contribution in [2.24, 2.45) is 0 Å². The van der Waals surface area contributed by atoms with Crippen LogP contribution in [-0.2, 0) is 9.53 Å². The molecular formula is C31H41FO6. The summed E-state index contributed by atoms with van der Waals surface area (Å²) in [6.45, 7) is 4.63. The molecule has 208 valence electrons. The quantitative estimate of drug-likeness (QED) is 0.119. The molecule has 0 bridgehead atoms. The molecule has 7 heteroatoms. The second-order valence-corrected chi connectivity index (χ2v) is 9.58. The van der Waals surface area contributed by atoms with Crippen LogP contribution in [0.4, 0.5) is 4.39 Å². The molecule has 0 aromatic heterocycles. The summed E-state index contributed by atoms with van der Waals surface area (Å²) in [4.78, 5) is 36.4. The molecule has 1 N–H and O–H groups in total. The van der Waals surface area contributed by atoms with Gasteiger partial charge in [0.1, 0.15) is 11.6 Å². The minimum atomic E-state index is -1.43. The Bertz CT molecular complexity index is 1030. The van der Waals surface area contributed by atoms with Crippen LogP contribution in [0.3, 0.4) is 0 Å². The van der Waals surface area contributed by atoms with E-state index in [1.165, 1.54) is 49.6 Å². The van der Waals surface area contributed by atoms with Gasteiger partial charge < -0.3 is 14.6 Å². The predicted molar refractivity (Wildman–Crippen MR) is 146 cm³/mol. The summed E-state index contributed by atoms with van der Waals surface area (Å²) in [5.74, 6) is -3.46. The average molecular weight is 529 g/mol. The average Bonchev–Trinajstić information content (AvgIpc) is 2.90. The molecule has 0 fully saturated rings. The van der Waals surface area contributed by atoms with Crippen molar-refractivity contribution in [2.45, 2.75) is 97.3 Å². The summed E-state index contributed by atoms with van der Waals surface area (Å²) < 4.78 is 26.1. The molecule has 0 radical (unpaired) electrons. The lowest BCUT2D eigenvalue weighted by atomic mass is 9.99.